The second kappa shape index (κ2) is 5.93. The van der Waals surface area contributed by atoms with E-state index in [0.29, 0.717) is 17.4 Å². The molecule has 1 aromatic rings. The van der Waals surface area contributed by atoms with Gasteiger partial charge in [-0.2, -0.15) is 0 Å². The van der Waals surface area contributed by atoms with Gasteiger partial charge in [0.2, 0.25) is 0 Å². The van der Waals surface area contributed by atoms with Crippen LogP contribution < -0.4 is 16.8 Å². The van der Waals surface area contributed by atoms with E-state index in [0.717, 1.165) is 38.5 Å². The van der Waals surface area contributed by atoms with Crippen molar-refractivity contribution >= 4 is 17.1 Å². The zero-order chi connectivity index (χ0) is 13.0. The fraction of sp³-hybridized carbons (Fsp3) is 0.538. The highest BCUT2D eigenvalue weighted by molar-refractivity contribution is 5.69. The first-order chi connectivity index (χ1) is 8.65. The number of nitrogens with two attached hydrogens (primary N) is 2. The van der Waals surface area contributed by atoms with Crippen LogP contribution in [0.2, 0.25) is 0 Å². The molecule has 1 atom stereocenters. The van der Waals surface area contributed by atoms with Gasteiger partial charge < -0.3 is 21.5 Å². The maximum atomic E-state index is 5.79. The number of ether oxygens (including phenoxy) is 1. The van der Waals surface area contributed by atoms with E-state index in [9.17, 15) is 0 Å². The minimum Gasteiger partial charge on any atom is -0.397 e. The van der Waals surface area contributed by atoms with Crippen LogP contribution >= 0.6 is 0 Å². The lowest BCUT2D eigenvalue weighted by Crippen LogP contribution is -2.42. The lowest BCUT2D eigenvalue weighted by molar-refractivity contribution is 0.0368. The SMILES string of the molecule is CC(CN1CCOCC1)Nc1ccc(N)c(N)c1. The average Bonchev–Trinajstić information content (AvgIpc) is 2.35. The standard InChI is InChI=1S/C13H22N4O/c1-10(9-17-4-6-18-7-5-17)16-11-2-3-12(14)13(15)8-11/h2-3,8,10,16H,4-7,9,14-15H2,1H3. The number of hydrogen-bond donors (Lipinski definition) is 3. The van der Waals surface area contributed by atoms with E-state index in [1.807, 2.05) is 18.2 Å². The molecule has 1 saturated heterocycles. The number of anilines is 3. The van der Waals surface area contributed by atoms with Crippen molar-refractivity contribution in [1.29, 1.82) is 0 Å². The summed E-state index contributed by atoms with van der Waals surface area (Å²) in [6, 6.07) is 6.04. The van der Waals surface area contributed by atoms with E-state index >= 15 is 0 Å². The van der Waals surface area contributed by atoms with E-state index in [4.69, 9.17) is 16.2 Å². The Morgan fingerprint density at radius 3 is 2.67 bits per heavy atom. The first-order valence-electron chi connectivity index (χ1n) is 6.37. The molecule has 5 heteroatoms. The third kappa shape index (κ3) is 3.51. The van der Waals surface area contributed by atoms with Crippen molar-refractivity contribution in [2.45, 2.75) is 13.0 Å². The van der Waals surface area contributed by atoms with Crippen LogP contribution in [0.3, 0.4) is 0 Å². The Morgan fingerprint density at radius 1 is 1.28 bits per heavy atom. The van der Waals surface area contributed by atoms with E-state index in [1.54, 1.807) is 0 Å². The molecule has 0 spiro atoms. The summed E-state index contributed by atoms with van der Waals surface area (Å²) in [5.74, 6) is 0. The summed E-state index contributed by atoms with van der Waals surface area (Å²) in [6.07, 6.45) is 0. The van der Waals surface area contributed by atoms with Gasteiger partial charge in [0.05, 0.1) is 24.6 Å². The van der Waals surface area contributed by atoms with E-state index in [2.05, 4.69) is 17.1 Å². The van der Waals surface area contributed by atoms with Crippen molar-refractivity contribution < 1.29 is 4.74 Å². The molecular formula is C13H22N4O. The number of morpholine rings is 1. The van der Waals surface area contributed by atoms with Gasteiger partial charge in [0, 0.05) is 31.4 Å². The minimum atomic E-state index is 0.367. The fourth-order valence-electron chi connectivity index (χ4n) is 2.17. The predicted octanol–water partition coefficient (Wildman–Crippen LogP) is 0.984. The zero-order valence-electron chi connectivity index (χ0n) is 10.9. The second-order valence-corrected chi connectivity index (χ2v) is 4.80. The van der Waals surface area contributed by atoms with Gasteiger partial charge in [-0.15, -0.1) is 0 Å². The highest BCUT2D eigenvalue weighted by Crippen LogP contribution is 2.20. The van der Waals surface area contributed by atoms with E-state index in [1.165, 1.54) is 0 Å². The molecule has 5 N–H and O–H groups in total. The molecule has 0 bridgehead atoms. The largest absolute Gasteiger partial charge is 0.397 e. The molecule has 18 heavy (non-hydrogen) atoms. The summed E-state index contributed by atoms with van der Waals surface area (Å²) in [4.78, 5) is 2.40. The van der Waals surface area contributed by atoms with Gasteiger partial charge in [-0.1, -0.05) is 0 Å². The topological polar surface area (TPSA) is 76.5 Å². The van der Waals surface area contributed by atoms with Gasteiger partial charge in [0.1, 0.15) is 0 Å². The summed E-state index contributed by atoms with van der Waals surface area (Å²) in [7, 11) is 0. The van der Waals surface area contributed by atoms with Crippen LogP contribution in [0.5, 0.6) is 0 Å². The molecule has 0 aromatic heterocycles. The number of nitrogens with zero attached hydrogens (tertiary/aromatic N) is 1. The molecule has 1 heterocycles. The monoisotopic (exact) mass is 250 g/mol. The quantitative estimate of drug-likeness (QED) is 0.695. The van der Waals surface area contributed by atoms with Crippen LogP contribution in [0.4, 0.5) is 17.1 Å². The Hall–Kier alpha value is -1.46. The first-order valence-corrected chi connectivity index (χ1v) is 6.37. The number of rotatable bonds is 4. The van der Waals surface area contributed by atoms with Gasteiger partial charge >= 0.3 is 0 Å². The molecule has 0 saturated carbocycles. The van der Waals surface area contributed by atoms with Crippen LogP contribution in [0.25, 0.3) is 0 Å². The Kier molecular flexibility index (Phi) is 4.28. The molecule has 1 aliphatic heterocycles. The smallest absolute Gasteiger partial charge is 0.0594 e. The van der Waals surface area contributed by atoms with E-state index in [-0.39, 0.29) is 0 Å². The highest BCUT2D eigenvalue weighted by atomic mass is 16.5. The number of hydrogen-bond acceptors (Lipinski definition) is 5. The van der Waals surface area contributed by atoms with Crippen molar-refractivity contribution in [3.05, 3.63) is 18.2 Å². The number of nitrogen functional groups attached to an aromatic ring is 2. The molecule has 5 nitrogen and oxygen atoms in total. The van der Waals surface area contributed by atoms with Crippen molar-refractivity contribution in [2.24, 2.45) is 0 Å². The van der Waals surface area contributed by atoms with Gasteiger partial charge in [-0.25, -0.2) is 0 Å². The molecule has 0 amide bonds. The summed E-state index contributed by atoms with van der Waals surface area (Å²) in [5, 5.41) is 3.44. The van der Waals surface area contributed by atoms with Crippen molar-refractivity contribution in [2.75, 3.05) is 49.6 Å². The van der Waals surface area contributed by atoms with Crippen LogP contribution in [0.15, 0.2) is 18.2 Å². The Bertz CT molecular complexity index is 391. The average molecular weight is 250 g/mol. The number of nitrogens with one attached hydrogen (secondary N) is 1. The lowest BCUT2D eigenvalue weighted by Gasteiger charge is -2.29. The molecule has 100 valence electrons. The zero-order valence-corrected chi connectivity index (χ0v) is 10.9. The van der Waals surface area contributed by atoms with Gasteiger partial charge in [-0.3, -0.25) is 4.90 Å². The lowest BCUT2D eigenvalue weighted by atomic mass is 10.2. The minimum absolute atomic E-state index is 0.367. The van der Waals surface area contributed by atoms with Crippen molar-refractivity contribution in [3.8, 4) is 0 Å². The summed E-state index contributed by atoms with van der Waals surface area (Å²) >= 11 is 0. The molecule has 1 unspecified atom stereocenters. The summed E-state index contributed by atoms with van der Waals surface area (Å²) in [6.45, 7) is 6.87. The maximum absolute atomic E-state index is 5.79. The maximum Gasteiger partial charge on any atom is 0.0594 e. The van der Waals surface area contributed by atoms with Gasteiger partial charge in [0.15, 0.2) is 0 Å². The number of benzene rings is 1. The Labute approximate surface area is 108 Å². The third-order valence-electron chi connectivity index (χ3n) is 3.14. The molecule has 0 aliphatic carbocycles. The highest BCUT2D eigenvalue weighted by Gasteiger charge is 2.13. The molecule has 1 fully saturated rings. The van der Waals surface area contributed by atoms with Gasteiger partial charge in [0.25, 0.3) is 0 Å². The first kappa shape index (κ1) is 13.0. The van der Waals surface area contributed by atoms with E-state index < -0.39 is 0 Å². The van der Waals surface area contributed by atoms with Crippen LogP contribution in [0.1, 0.15) is 6.92 Å². The molecule has 1 aromatic carbocycles. The fourth-order valence-corrected chi connectivity index (χ4v) is 2.17. The van der Waals surface area contributed by atoms with Crippen LogP contribution in [0, 0.1) is 0 Å². The normalized spacial score (nSPS) is 18.5. The predicted molar refractivity (Wildman–Crippen MR) is 75.6 cm³/mol. The molecule has 0 radical (unpaired) electrons. The third-order valence-corrected chi connectivity index (χ3v) is 3.14. The Balaban J connectivity index is 1.85. The Morgan fingerprint density at radius 2 is 2.00 bits per heavy atom. The van der Waals surface area contributed by atoms with Crippen molar-refractivity contribution in [3.63, 3.8) is 0 Å². The van der Waals surface area contributed by atoms with Crippen LogP contribution in [-0.2, 0) is 4.74 Å². The molecule has 1 aliphatic rings. The van der Waals surface area contributed by atoms with Crippen LogP contribution in [-0.4, -0.2) is 43.8 Å². The summed E-state index contributed by atoms with van der Waals surface area (Å²) in [5.41, 5.74) is 13.7. The van der Waals surface area contributed by atoms with Crippen molar-refractivity contribution in [1.82, 2.24) is 4.90 Å². The summed E-state index contributed by atoms with van der Waals surface area (Å²) < 4.78 is 5.34. The molecule has 2 rings (SSSR count). The molecular weight excluding hydrogens is 228 g/mol. The van der Waals surface area contributed by atoms with Gasteiger partial charge in [-0.05, 0) is 25.1 Å². The second-order valence-electron chi connectivity index (χ2n) is 4.80.